The van der Waals surface area contributed by atoms with Gasteiger partial charge >= 0.3 is 0 Å². The Morgan fingerprint density at radius 2 is 1.83 bits per heavy atom. The zero-order valence-corrected chi connectivity index (χ0v) is 17.7. The molecule has 3 heterocycles. The summed E-state index contributed by atoms with van der Waals surface area (Å²) >= 11 is 0. The van der Waals surface area contributed by atoms with Crippen LogP contribution in [0.15, 0.2) is 54.9 Å². The summed E-state index contributed by atoms with van der Waals surface area (Å²) in [5.41, 5.74) is 7.81. The molecule has 0 spiro atoms. The summed E-state index contributed by atoms with van der Waals surface area (Å²) in [5.74, 6) is 1.76. The summed E-state index contributed by atoms with van der Waals surface area (Å²) in [5, 5.41) is 0. The maximum absolute atomic E-state index is 5.81. The number of nitrogens with zero attached hydrogens (tertiary/aromatic N) is 2. The van der Waals surface area contributed by atoms with Gasteiger partial charge in [-0.25, -0.2) is 0 Å². The highest BCUT2D eigenvalue weighted by Gasteiger charge is 2.27. The first-order chi connectivity index (χ1) is 14.7. The van der Waals surface area contributed by atoms with Crippen LogP contribution in [0, 0.1) is 13.8 Å². The lowest BCUT2D eigenvalue weighted by atomic mass is 9.97. The molecule has 2 aromatic carbocycles. The second-order valence-electron chi connectivity index (χ2n) is 8.36. The molecule has 30 heavy (non-hydrogen) atoms. The number of rotatable bonds is 4. The molecule has 5 rings (SSSR count). The minimum Gasteiger partial charge on any atom is -0.486 e. The number of likely N-dealkylation sites (tertiary alicyclic amines) is 1. The normalized spacial score (nSPS) is 18.5. The van der Waals surface area contributed by atoms with Gasteiger partial charge in [0.1, 0.15) is 13.2 Å². The van der Waals surface area contributed by atoms with Crippen molar-refractivity contribution in [3.8, 4) is 22.6 Å². The lowest BCUT2D eigenvalue weighted by Crippen LogP contribution is -2.23. The standard InChI is InChI=1S/C26H28N2O2/c1-18-14-20(23-9-10-27-16-19(23)2)5-6-22(18)17-28-11-3-4-24(28)21-7-8-25-26(15-21)30-13-12-29-25/h5-10,14-16,24H,3-4,11-13,17H2,1-2H3. The largest absolute Gasteiger partial charge is 0.486 e. The van der Waals surface area contributed by atoms with E-state index in [0.29, 0.717) is 19.3 Å². The molecule has 4 heteroatoms. The van der Waals surface area contributed by atoms with E-state index < -0.39 is 0 Å². The van der Waals surface area contributed by atoms with Crippen LogP contribution in [0.1, 0.15) is 41.1 Å². The highest BCUT2D eigenvalue weighted by molar-refractivity contribution is 5.67. The van der Waals surface area contributed by atoms with Crippen molar-refractivity contribution in [3.05, 3.63) is 77.1 Å². The molecule has 0 bridgehead atoms. The number of pyridine rings is 1. The van der Waals surface area contributed by atoms with Crippen molar-refractivity contribution in [1.82, 2.24) is 9.88 Å². The van der Waals surface area contributed by atoms with Crippen LogP contribution in [0.4, 0.5) is 0 Å². The van der Waals surface area contributed by atoms with E-state index in [1.807, 2.05) is 12.4 Å². The van der Waals surface area contributed by atoms with Crippen LogP contribution in [-0.2, 0) is 6.54 Å². The van der Waals surface area contributed by atoms with Crippen LogP contribution < -0.4 is 9.47 Å². The van der Waals surface area contributed by atoms with E-state index in [0.717, 1.165) is 24.6 Å². The Labute approximate surface area is 178 Å². The van der Waals surface area contributed by atoms with Gasteiger partial charge in [0.2, 0.25) is 0 Å². The van der Waals surface area contributed by atoms with Gasteiger partial charge in [-0.1, -0.05) is 24.3 Å². The number of benzene rings is 2. The minimum absolute atomic E-state index is 0.433. The van der Waals surface area contributed by atoms with E-state index in [9.17, 15) is 0 Å². The lowest BCUT2D eigenvalue weighted by molar-refractivity contribution is 0.170. The van der Waals surface area contributed by atoms with Crippen molar-refractivity contribution < 1.29 is 9.47 Å². The highest BCUT2D eigenvalue weighted by atomic mass is 16.6. The molecule has 1 atom stereocenters. The van der Waals surface area contributed by atoms with Gasteiger partial charge in [0.05, 0.1) is 0 Å². The van der Waals surface area contributed by atoms with Gasteiger partial charge < -0.3 is 9.47 Å². The Kier molecular flexibility index (Phi) is 5.17. The molecular weight excluding hydrogens is 372 g/mol. The molecule has 1 aromatic heterocycles. The first-order valence-corrected chi connectivity index (χ1v) is 10.8. The highest BCUT2D eigenvalue weighted by Crippen LogP contribution is 2.39. The molecular formula is C26H28N2O2. The molecule has 0 amide bonds. The summed E-state index contributed by atoms with van der Waals surface area (Å²) in [6.45, 7) is 7.71. The number of ether oxygens (including phenoxy) is 2. The van der Waals surface area contributed by atoms with Crippen molar-refractivity contribution in [3.63, 3.8) is 0 Å². The summed E-state index contributed by atoms with van der Waals surface area (Å²) in [7, 11) is 0. The number of hydrogen-bond donors (Lipinski definition) is 0. The number of aromatic nitrogens is 1. The smallest absolute Gasteiger partial charge is 0.161 e. The third kappa shape index (κ3) is 3.68. The van der Waals surface area contributed by atoms with Gasteiger partial charge in [-0.2, -0.15) is 0 Å². The van der Waals surface area contributed by atoms with E-state index in [1.165, 1.54) is 46.2 Å². The molecule has 154 valence electrons. The summed E-state index contributed by atoms with van der Waals surface area (Å²) in [6.07, 6.45) is 6.22. The molecule has 0 N–H and O–H groups in total. The predicted molar refractivity (Wildman–Crippen MR) is 119 cm³/mol. The summed E-state index contributed by atoms with van der Waals surface area (Å²) in [6, 6.07) is 15.8. The monoisotopic (exact) mass is 400 g/mol. The summed E-state index contributed by atoms with van der Waals surface area (Å²) in [4.78, 5) is 6.82. The van der Waals surface area contributed by atoms with Gasteiger partial charge in [0.15, 0.2) is 11.5 Å². The van der Waals surface area contributed by atoms with Crippen LogP contribution in [0.3, 0.4) is 0 Å². The maximum Gasteiger partial charge on any atom is 0.161 e. The van der Waals surface area contributed by atoms with Crippen molar-refractivity contribution in [1.29, 1.82) is 0 Å². The second-order valence-corrected chi connectivity index (χ2v) is 8.36. The zero-order chi connectivity index (χ0) is 20.5. The molecule has 2 aliphatic rings. The molecule has 2 aliphatic heterocycles. The molecule has 0 radical (unpaired) electrons. The Balaban J connectivity index is 1.37. The van der Waals surface area contributed by atoms with Crippen LogP contribution in [0.5, 0.6) is 11.5 Å². The topological polar surface area (TPSA) is 34.6 Å². The van der Waals surface area contributed by atoms with Crippen LogP contribution in [0.2, 0.25) is 0 Å². The van der Waals surface area contributed by atoms with E-state index in [2.05, 4.69) is 66.2 Å². The second kappa shape index (κ2) is 8.11. The van der Waals surface area contributed by atoms with E-state index >= 15 is 0 Å². The Hall–Kier alpha value is -2.85. The van der Waals surface area contributed by atoms with Crippen molar-refractivity contribution in [2.75, 3.05) is 19.8 Å². The zero-order valence-electron chi connectivity index (χ0n) is 17.7. The Morgan fingerprint density at radius 1 is 0.967 bits per heavy atom. The fraction of sp³-hybridized carbons (Fsp3) is 0.346. The fourth-order valence-corrected chi connectivity index (χ4v) is 4.72. The van der Waals surface area contributed by atoms with E-state index in [4.69, 9.17) is 9.47 Å². The predicted octanol–water partition coefficient (Wildman–Crippen LogP) is 5.47. The van der Waals surface area contributed by atoms with Crippen molar-refractivity contribution in [2.45, 2.75) is 39.3 Å². The average Bonchev–Trinajstić information content (AvgIpc) is 3.23. The van der Waals surface area contributed by atoms with Gasteiger partial charge in [-0.15, -0.1) is 0 Å². The number of hydrogen-bond acceptors (Lipinski definition) is 4. The first kappa shape index (κ1) is 19.1. The fourth-order valence-electron chi connectivity index (χ4n) is 4.72. The van der Waals surface area contributed by atoms with Gasteiger partial charge in [-0.05, 0) is 84.8 Å². The van der Waals surface area contributed by atoms with E-state index in [-0.39, 0.29) is 0 Å². The molecule has 1 unspecified atom stereocenters. The third-order valence-electron chi connectivity index (χ3n) is 6.36. The van der Waals surface area contributed by atoms with Gasteiger partial charge in [0, 0.05) is 25.0 Å². The maximum atomic E-state index is 5.81. The molecule has 1 fully saturated rings. The molecule has 4 nitrogen and oxygen atoms in total. The molecule has 1 saturated heterocycles. The van der Waals surface area contributed by atoms with Gasteiger partial charge in [-0.3, -0.25) is 9.88 Å². The quantitative estimate of drug-likeness (QED) is 0.581. The molecule has 0 saturated carbocycles. The minimum atomic E-state index is 0.433. The number of aryl methyl sites for hydroxylation is 2. The first-order valence-electron chi connectivity index (χ1n) is 10.8. The van der Waals surface area contributed by atoms with Crippen molar-refractivity contribution in [2.24, 2.45) is 0 Å². The lowest BCUT2D eigenvalue weighted by Gasteiger charge is -2.27. The van der Waals surface area contributed by atoms with Crippen LogP contribution >= 0.6 is 0 Å². The Bertz CT molecular complexity index is 1060. The van der Waals surface area contributed by atoms with Gasteiger partial charge in [0.25, 0.3) is 0 Å². The summed E-state index contributed by atoms with van der Waals surface area (Å²) < 4.78 is 11.5. The Morgan fingerprint density at radius 3 is 2.67 bits per heavy atom. The molecule has 0 aliphatic carbocycles. The van der Waals surface area contributed by atoms with Crippen LogP contribution in [-0.4, -0.2) is 29.6 Å². The molecule has 3 aromatic rings. The van der Waals surface area contributed by atoms with Crippen LogP contribution in [0.25, 0.3) is 11.1 Å². The van der Waals surface area contributed by atoms with E-state index in [1.54, 1.807) is 0 Å². The SMILES string of the molecule is Cc1cc(-c2ccncc2C)ccc1CN1CCCC1c1ccc2c(c1)OCCO2. The number of fused-ring (bicyclic) bond motifs is 1. The average molecular weight is 401 g/mol. The van der Waals surface area contributed by atoms with Crippen molar-refractivity contribution >= 4 is 0 Å². The third-order valence-corrected chi connectivity index (χ3v) is 6.36.